The van der Waals surface area contributed by atoms with Crippen LogP contribution in [0.15, 0.2) is 53.4 Å². The van der Waals surface area contributed by atoms with Crippen LogP contribution in [0.3, 0.4) is 0 Å². The molecule has 1 N–H and O–H groups in total. The van der Waals surface area contributed by atoms with Gasteiger partial charge in [-0.1, -0.05) is 29.1 Å². The molecule has 1 heterocycles. The highest BCUT2D eigenvalue weighted by Crippen LogP contribution is 2.26. The third-order valence-corrected chi connectivity index (χ3v) is 3.80. The highest BCUT2D eigenvalue weighted by Gasteiger charge is 2.09. The normalized spacial score (nSPS) is 11.1. The quantitative estimate of drug-likeness (QED) is 0.727. The van der Waals surface area contributed by atoms with Gasteiger partial charge >= 0.3 is 0 Å². The molecule has 0 bridgehead atoms. The maximum absolute atomic E-state index is 12.2. The molecule has 5 nitrogen and oxygen atoms in total. The van der Waals surface area contributed by atoms with Gasteiger partial charge in [-0.05, 0) is 36.4 Å². The molecule has 0 saturated carbocycles. The fourth-order valence-corrected chi connectivity index (χ4v) is 2.59. The first-order valence-corrected chi connectivity index (χ1v) is 7.63. The van der Waals surface area contributed by atoms with E-state index in [1.807, 2.05) is 24.3 Å². The van der Waals surface area contributed by atoms with Gasteiger partial charge in [0.05, 0.1) is 5.52 Å². The van der Waals surface area contributed by atoms with Crippen LogP contribution in [-0.4, -0.2) is 26.7 Å². The number of hydrogen-bond acceptors (Lipinski definition) is 4. The van der Waals surface area contributed by atoms with Gasteiger partial charge in [-0.3, -0.25) is 4.79 Å². The van der Waals surface area contributed by atoms with Crippen LogP contribution in [0, 0.1) is 0 Å². The number of thioether (sulfide) groups is 1. The minimum atomic E-state index is -2.46. The minimum Gasteiger partial charge on any atom is -0.324 e. The van der Waals surface area contributed by atoms with Crippen molar-refractivity contribution in [1.29, 1.82) is 0 Å². The Balaban J connectivity index is 1.65. The number of fused-ring (bicyclic) bond motifs is 1. The fraction of sp³-hybridized carbons (Fsp3) is 0.133. The van der Waals surface area contributed by atoms with Crippen LogP contribution < -0.4 is 5.32 Å². The van der Waals surface area contributed by atoms with E-state index in [-0.39, 0.29) is 12.5 Å². The smallest absolute Gasteiger partial charge is 0.288 e. The molecule has 1 aromatic heterocycles. The summed E-state index contributed by atoms with van der Waals surface area (Å²) in [7, 11) is 0. The van der Waals surface area contributed by atoms with Crippen molar-refractivity contribution in [2.24, 2.45) is 0 Å². The number of halogens is 2. The monoisotopic (exact) mass is 334 g/mol. The average Bonchev–Trinajstić information content (AvgIpc) is 2.92. The number of alkyl halides is 2. The zero-order chi connectivity index (χ0) is 16.2. The molecule has 3 rings (SSSR count). The van der Waals surface area contributed by atoms with Crippen molar-refractivity contribution in [1.82, 2.24) is 15.0 Å². The van der Waals surface area contributed by atoms with Crippen LogP contribution >= 0.6 is 11.8 Å². The molecule has 0 spiro atoms. The second kappa shape index (κ2) is 6.74. The van der Waals surface area contributed by atoms with Crippen molar-refractivity contribution >= 4 is 34.4 Å². The number of para-hydroxylation sites is 1. The summed E-state index contributed by atoms with van der Waals surface area (Å²) in [4.78, 5) is 12.5. The maximum atomic E-state index is 12.2. The van der Waals surface area contributed by atoms with Crippen LogP contribution in [0.1, 0.15) is 0 Å². The topological polar surface area (TPSA) is 59.8 Å². The molecule has 0 saturated heterocycles. The number of nitrogens with zero attached hydrogens (tertiary/aromatic N) is 3. The van der Waals surface area contributed by atoms with Crippen molar-refractivity contribution in [2.45, 2.75) is 17.2 Å². The summed E-state index contributed by atoms with van der Waals surface area (Å²) in [6.45, 7) is 0.0219. The van der Waals surface area contributed by atoms with Crippen LogP contribution in [0.5, 0.6) is 0 Å². The second-order valence-corrected chi connectivity index (χ2v) is 5.75. The van der Waals surface area contributed by atoms with Crippen LogP contribution in [0.4, 0.5) is 14.5 Å². The minimum absolute atomic E-state index is 0.0219. The van der Waals surface area contributed by atoms with Gasteiger partial charge in [0.2, 0.25) is 5.91 Å². The van der Waals surface area contributed by atoms with Gasteiger partial charge in [-0.15, -0.1) is 5.10 Å². The van der Waals surface area contributed by atoms with Gasteiger partial charge in [0.15, 0.2) is 0 Å². The lowest BCUT2D eigenvalue weighted by Crippen LogP contribution is -2.19. The van der Waals surface area contributed by atoms with Gasteiger partial charge in [0, 0.05) is 10.6 Å². The first kappa shape index (κ1) is 15.4. The number of nitrogens with one attached hydrogen (secondary N) is 1. The van der Waals surface area contributed by atoms with Crippen LogP contribution in [0.2, 0.25) is 0 Å². The van der Waals surface area contributed by atoms with Crippen LogP contribution in [-0.2, 0) is 11.3 Å². The third-order valence-electron chi connectivity index (χ3n) is 3.08. The predicted octanol–water partition coefficient (Wildman–Crippen LogP) is 3.38. The van der Waals surface area contributed by atoms with Crippen molar-refractivity contribution < 1.29 is 13.6 Å². The number of carbonyl (C=O) groups excluding carboxylic acids is 1. The molecular formula is C15H12F2N4OS. The number of carbonyl (C=O) groups is 1. The molecule has 0 atom stereocenters. The van der Waals surface area contributed by atoms with E-state index in [0.29, 0.717) is 27.9 Å². The maximum Gasteiger partial charge on any atom is 0.288 e. The first-order valence-electron chi connectivity index (χ1n) is 6.75. The molecule has 8 heteroatoms. The Hall–Kier alpha value is -2.48. The number of hydrogen-bond donors (Lipinski definition) is 1. The third kappa shape index (κ3) is 3.84. The standard InChI is InChI=1S/C15H12F2N4OS/c16-15(17)23-11-7-5-10(6-8-11)18-14(22)9-21-13-4-2-1-3-12(13)19-20-21/h1-8,15H,9H2,(H,18,22). The Morgan fingerprint density at radius 2 is 1.91 bits per heavy atom. The molecule has 0 unspecified atom stereocenters. The number of anilines is 1. The summed E-state index contributed by atoms with van der Waals surface area (Å²) in [6.07, 6.45) is 0. The molecule has 2 aromatic carbocycles. The number of amides is 1. The van der Waals surface area contributed by atoms with E-state index >= 15 is 0 Å². The Bertz CT molecular complexity index is 820. The van der Waals surface area contributed by atoms with E-state index in [1.165, 1.54) is 16.8 Å². The predicted molar refractivity (Wildman–Crippen MR) is 84.5 cm³/mol. The van der Waals surface area contributed by atoms with Crippen molar-refractivity contribution in [3.05, 3.63) is 48.5 Å². The van der Waals surface area contributed by atoms with Gasteiger partial charge in [0.25, 0.3) is 5.76 Å². The molecule has 0 fully saturated rings. The Kier molecular flexibility index (Phi) is 4.52. The van der Waals surface area contributed by atoms with Gasteiger partial charge in [-0.2, -0.15) is 8.78 Å². The summed E-state index contributed by atoms with van der Waals surface area (Å²) < 4.78 is 26.0. The lowest BCUT2D eigenvalue weighted by molar-refractivity contribution is -0.116. The molecule has 0 aliphatic rings. The fourth-order valence-electron chi connectivity index (χ4n) is 2.09. The summed E-state index contributed by atoms with van der Waals surface area (Å²) >= 11 is 0.463. The van der Waals surface area contributed by atoms with Crippen molar-refractivity contribution in [3.8, 4) is 0 Å². The van der Waals surface area contributed by atoms with E-state index in [0.717, 1.165) is 5.52 Å². The lowest BCUT2D eigenvalue weighted by atomic mass is 10.3. The Morgan fingerprint density at radius 1 is 1.17 bits per heavy atom. The SMILES string of the molecule is O=C(Cn1nnc2ccccc21)Nc1ccc(SC(F)F)cc1. The summed E-state index contributed by atoms with van der Waals surface area (Å²) in [5.41, 5.74) is 2.03. The van der Waals surface area contributed by atoms with Gasteiger partial charge < -0.3 is 5.32 Å². The van der Waals surface area contributed by atoms with E-state index in [9.17, 15) is 13.6 Å². The molecule has 3 aromatic rings. The van der Waals surface area contributed by atoms with Crippen molar-refractivity contribution in [2.75, 3.05) is 5.32 Å². The van der Waals surface area contributed by atoms with E-state index in [1.54, 1.807) is 12.1 Å². The van der Waals surface area contributed by atoms with E-state index < -0.39 is 5.76 Å². The first-order chi connectivity index (χ1) is 11.1. The van der Waals surface area contributed by atoms with Crippen molar-refractivity contribution in [3.63, 3.8) is 0 Å². The van der Waals surface area contributed by atoms with E-state index in [4.69, 9.17) is 0 Å². The Morgan fingerprint density at radius 3 is 2.65 bits per heavy atom. The average molecular weight is 334 g/mol. The molecule has 0 aliphatic carbocycles. The number of aromatic nitrogens is 3. The van der Waals surface area contributed by atoms with Gasteiger partial charge in [-0.25, -0.2) is 4.68 Å². The summed E-state index contributed by atoms with van der Waals surface area (Å²) in [6, 6.07) is 13.6. The molecule has 118 valence electrons. The zero-order valence-corrected chi connectivity index (χ0v) is 12.6. The summed E-state index contributed by atoms with van der Waals surface area (Å²) in [5.74, 6) is -2.73. The molecule has 0 radical (unpaired) electrons. The second-order valence-electron chi connectivity index (χ2n) is 4.69. The molecule has 1 amide bonds. The molecule has 0 aliphatic heterocycles. The van der Waals surface area contributed by atoms with E-state index in [2.05, 4.69) is 15.6 Å². The zero-order valence-electron chi connectivity index (χ0n) is 11.8. The van der Waals surface area contributed by atoms with Crippen LogP contribution in [0.25, 0.3) is 11.0 Å². The number of benzene rings is 2. The molecular weight excluding hydrogens is 322 g/mol. The Labute approximate surface area is 134 Å². The number of rotatable bonds is 5. The lowest BCUT2D eigenvalue weighted by Gasteiger charge is -2.07. The molecule has 23 heavy (non-hydrogen) atoms. The largest absolute Gasteiger partial charge is 0.324 e. The summed E-state index contributed by atoms with van der Waals surface area (Å²) in [5, 5.41) is 10.6. The highest BCUT2D eigenvalue weighted by atomic mass is 32.2. The highest BCUT2D eigenvalue weighted by molar-refractivity contribution is 7.99. The van der Waals surface area contributed by atoms with Gasteiger partial charge in [0.1, 0.15) is 12.1 Å².